The summed E-state index contributed by atoms with van der Waals surface area (Å²) in [5.74, 6) is -0.880. The van der Waals surface area contributed by atoms with Crippen molar-refractivity contribution >= 4 is 5.97 Å². The van der Waals surface area contributed by atoms with Crippen LogP contribution >= 0.6 is 0 Å². The number of aliphatic carboxylic acids is 1. The number of hydrogen-bond donors (Lipinski definition) is 2. The molecule has 3 N–H and O–H groups in total. The Hall–Kier alpha value is -1.35. The van der Waals surface area contributed by atoms with E-state index in [0.29, 0.717) is 6.54 Å². The highest BCUT2D eigenvalue weighted by atomic mass is 16.4. The van der Waals surface area contributed by atoms with Crippen molar-refractivity contribution in [1.29, 1.82) is 0 Å². The molecule has 1 aromatic carbocycles. The van der Waals surface area contributed by atoms with Crippen molar-refractivity contribution in [2.45, 2.75) is 19.3 Å². The molecule has 1 aromatic rings. The van der Waals surface area contributed by atoms with Gasteiger partial charge in [0.1, 0.15) is 0 Å². The van der Waals surface area contributed by atoms with E-state index in [1.54, 1.807) is 0 Å². The topological polar surface area (TPSA) is 63.3 Å². The summed E-state index contributed by atoms with van der Waals surface area (Å²) < 4.78 is 0. The molecule has 0 bridgehead atoms. The zero-order valence-corrected chi connectivity index (χ0v) is 8.23. The van der Waals surface area contributed by atoms with E-state index in [2.05, 4.69) is 0 Å². The first-order valence-corrected chi connectivity index (χ1v) is 4.62. The van der Waals surface area contributed by atoms with Gasteiger partial charge in [0.05, 0.1) is 6.42 Å². The molecule has 0 saturated heterocycles. The van der Waals surface area contributed by atoms with Crippen molar-refractivity contribution in [3.8, 4) is 0 Å². The van der Waals surface area contributed by atoms with Gasteiger partial charge in [-0.2, -0.15) is 0 Å². The summed E-state index contributed by atoms with van der Waals surface area (Å²) in [4.78, 5) is 10.6. The van der Waals surface area contributed by atoms with Gasteiger partial charge in [-0.15, -0.1) is 0 Å². The molecule has 3 nitrogen and oxygen atoms in total. The average Bonchev–Trinajstić information content (AvgIpc) is 2.14. The Morgan fingerprint density at radius 1 is 1.57 bits per heavy atom. The Balaban J connectivity index is 2.83. The molecule has 0 fully saturated rings. The smallest absolute Gasteiger partial charge is 0.304 e. The van der Waals surface area contributed by atoms with Gasteiger partial charge >= 0.3 is 5.97 Å². The van der Waals surface area contributed by atoms with E-state index in [9.17, 15) is 4.79 Å². The zero-order valence-electron chi connectivity index (χ0n) is 8.23. The maximum absolute atomic E-state index is 10.6. The second-order valence-corrected chi connectivity index (χ2v) is 3.44. The summed E-state index contributed by atoms with van der Waals surface area (Å²) >= 11 is 0. The van der Waals surface area contributed by atoms with Crippen LogP contribution in [0.15, 0.2) is 24.3 Å². The number of carboxylic acid groups (broad SMARTS) is 1. The van der Waals surface area contributed by atoms with Crippen molar-refractivity contribution in [3.63, 3.8) is 0 Å². The molecular formula is C11H15NO2. The summed E-state index contributed by atoms with van der Waals surface area (Å²) in [6, 6.07) is 7.82. The summed E-state index contributed by atoms with van der Waals surface area (Å²) in [7, 11) is 0. The number of aryl methyl sites for hydroxylation is 1. The molecule has 0 aliphatic heterocycles. The van der Waals surface area contributed by atoms with Crippen molar-refractivity contribution in [2.24, 2.45) is 5.73 Å². The molecule has 0 amide bonds. The molecule has 0 aliphatic carbocycles. The van der Waals surface area contributed by atoms with Gasteiger partial charge in [-0.25, -0.2) is 0 Å². The highest BCUT2D eigenvalue weighted by Gasteiger charge is 2.13. The van der Waals surface area contributed by atoms with E-state index < -0.39 is 5.97 Å². The molecule has 0 saturated carbocycles. The Morgan fingerprint density at radius 2 is 2.29 bits per heavy atom. The quantitative estimate of drug-likeness (QED) is 0.761. The maximum Gasteiger partial charge on any atom is 0.304 e. The molecule has 0 aromatic heterocycles. The number of benzene rings is 1. The zero-order chi connectivity index (χ0) is 10.6. The van der Waals surface area contributed by atoms with E-state index in [-0.39, 0.29) is 12.3 Å². The van der Waals surface area contributed by atoms with Gasteiger partial charge in [0.25, 0.3) is 0 Å². The molecule has 0 spiro atoms. The predicted octanol–water partition coefficient (Wildman–Crippen LogP) is 1.51. The van der Waals surface area contributed by atoms with Gasteiger partial charge in [-0.3, -0.25) is 4.79 Å². The lowest BCUT2D eigenvalue weighted by Gasteiger charge is -2.12. The third-order valence-corrected chi connectivity index (χ3v) is 2.22. The lowest BCUT2D eigenvalue weighted by Crippen LogP contribution is -2.16. The molecule has 1 unspecified atom stereocenters. The van der Waals surface area contributed by atoms with Crippen molar-refractivity contribution < 1.29 is 9.90 Å². The first-order valence-electron chi connectivity index (χ1n) is 4.62. The third-order valence-electron chi connectivity index (χ3n) is 2.22. The first kappa shape index (κ1) is 10.7. The largest absolute Gasteiger partial charge is 0.481 e. The van der Waals surface area contributed by atoms with Crippen LogP contribution in [-0.2, 0) is 4.79 Å². The maximum atomic E-state index is 10.6. The summed E-state index contributed by atoms with van der Waals surface area (Å²) in [6.07, 6.45) is 0.0972. The van der Waals surface area contributed by atoms with Crippen molar-refractivity contribution in [2.75, 3.05) is 6.54 Å². The van der Waals surface area contributed by atoms with Crippen LogP contribution in [0.3, 0.4) is 0 Å². The standard InChI is InChI=1S/C11H15NO2/c1-8-3-2-4-9(5-8)10(7-12)6-11(13)14/h2-5,10H,6-7,12H2,1H3,(H,13,14). The molecule has 1 rings (SSSR count). The molecule has 76 valence electrons. The predicted molar refractivity (Wildman–Crippen MR) is 55.2 cm³/mol. The minimum Gasteiger partial charge on any atom is -0.481 e. The molecule has 3 heteroatoms. The van der Waals surface area contributed by atoms with Crippen LogP contribution < -0.4 is 5.73 Å². The molecule has 1 atom stereocenters. The van der Waals surface area contributed by atoms with E-state index in [1.165, 1.54) is 0 Å². The van der Waals surface area contributed by atoms with Crippen LogP contribution in [0.25, 0.3) is 0 Å². The second-order valence-electron chi connectivity index (χ2n) is 3.44. The van der Waals surface area contributed by atoms with E-state index >= 15 is 0 Å². The molecule has 0 heterocycles. The second kappa shape index (κ2) is 4.77. The number of hydrogen-bond acceptors (Lipinski definition) is 2. The normalized spacial score (nSPS) is 12.4. The minimum atomic E-state index is -0.804. The monoisotopic (exact) mass is 193 g/mol. The van der Waals surface area contributed by atoms with Crippen LogP contribution in [0, 0.1) is 6.92 Å². The van der Waals surface area contributed by atoms with Gasteiger partial charge in [-0.1, -0.05) is 29.8 Å². The Labute approximate surface area is 83.6 Å². The van der Waals surface area contributed by atoms with Crippen LogP contribution in [0.2, 0.25) is 0 Å². The fourth-order valence-corrected chi connectivity index (χ4v) is 1.47. The van der Waals surface area contributed by atoms with Crippen molar-refractivity contribution in [3.05, 3.63) is 35.4 Å². The first-order chi connectivity index (χ1) is 6.63. The molecule has 0 aliphatic rings. The minimum absolute atomic E-state index is 0.0765. The fraction of sp³-hybridized carbons (Fsp3) is 0.364. The summed E-state index contributed by atoms with van der Waals surface area (Å²) in [6.45, 7) is 2.35. The van der Waals surface area contributed by atoms with Crippen LogP contribution in [-0.4, -0.2) is 17.6 Å². The Kier molecular flexibility index (Phi) is 3.65. The van der Waals surface area contributed by atoms with E-state index in [1.807, 2.05) is 31.2 Å². The SMILES string of the molecule is Cc1cccc(C(CN)CC(=O)O)c1. The fourth-order valence-electron chi connectivity index (χ4n) is 1.47. The summed E-state index contributed by atoms with van der Waals surface area (Å²) in [5.41, 5.74) is 7.68. The van der Waals surface area contributed by atoms with Crippen molar-refractivity contribution in [1.82, 2.24) is 0 Å². The molecular weight excluding hydrogens is 178 g/mol. The Bertz CT molecular complexity index is 323. The van der Waals surface area contributed by atoms with Crippen LogP contribution in [0.5, 0.6) is 0 Å². The highest BCUT2D eigenvalue weighted by molar-refractivity contribution is 5.68. The van der Waals surface area contributed by atoms with Crippen LogP contribution in [0.1, 0.15) is 23.5 Å². The van der Waals surface area contributed by atoms with Gasteiger partial charge < -0.3 is 10.8 Å². The number of carbonyl (C=O) groups is 1. The average molecular weight is 193 g/mol. The van der Waals surface area contributed by atoms with Gasteiger partial charge in [0, 0.05) is 5.92 Å². The highest BCUT2D eigenvalue weighted by Crippen LogP contribution is 2.19. The number of nitrogens with two attached hydrogens (primary N) is 1. The lowest BCUT2D eigenvalue weighted by molar-refractivity contribution is -0.137. The van der Waals surface area contributed by atoms with Gasteiger partial charge in [0.2, 0.25) is 0 Å². The number of rotatable bonds is 4. The lowest BCUT2D eigenvalue weighted by atomic mass is 9.95. The van der Waals surface area contributed by atoms with Crippen LogP contribution in [0.4, 0.5) is 0 Å². The van der Waals surface area contributed by atoms with E-state index in [0.717, 1.165) is 11.1 Å². The number of carboxylic acids is 1. The molecule has 0 radical (unpaired) electrons. The Morgan fingerprint density at radius 3 is 2.79 bits per heavy atom. The molecule has 14 heavy (non-hydrogen) atoms. The third kappa shape index (κ3) is 2.85. The van der Waals surface area contributed by atoms with E-state index in [4.69, 9.17) is 10.8 Å². The summed E-state index contributed by atoms with van der Waals surface area (Å²) in [5, 5.41) is 8.69. The van der Waals surface area contributed by atoms with Gasteiger partial charge in [0.15, 0.2) is 0 Å². The van der Waals surface area contributed by atoms with Gasteiger partial charge in [-0.05, 0) is 19.0 Å².